The lowest BCUT2D eigenvalue weighted by atomic mass is 10.3. The van der Waals surface area contributed by atoms with Crippen LogP contribution >= 0.6 is 0 Å². The van der Waals surface area contributed by atoms with Crippen LogP contribution in [0.2, 0.25) is 0 Å². The maximum Gasteiger partial charge on any atom is 0.317 e. The summed E-state index contributed by atoms with van der Waals surface area (Å²) in [4.78, 5) is 13.5. The molecule has 0 aliphatic heterocycles. The van der Waals surface area contributed by atoms with Crippen LogP contribution < -0.4 is 5.32 Å². The maximum atomic E-state index is 12.0. The summed E-state index contributed by atoms with van der Waals surface area (Å²) in [6, 6.07) is 5.39. The van der Waals surface area contributed by atoms with Crippen molar-refractivity contribution in [1.82, 2.24) is 20.0 Å². The number of carbonyl (C=O) groups excluding carboxylic acids is 1. The normalized spacial score (nSPS) is 12.1. The molecule has 0 saturated carbocycles. The summed E-state index contributed by atoms with van der Waals surface area (Å²) in [5.41, 5.74) is 0. The third kappa shape index (κ3) is 3.87. The van der Waals surface area contributed by atoms with Crippen molar-refractivity contribution >= 4 is 6.03 Å². The van der Waals surface area contributed by atoms with Crippen LogP contribution in [0.15, 0.2) is 41.3 Å². The molecule has 0 spiro atoms. The van der Waals surface area contributed by atoms with E-state index in [0.29, 0.717) is 13.1 Å². The molecule has 102 valence electrons. The molecule has 2 rings (SSSR count). The molecule has 1 atom stereocenters. The molecule has 0 bridgehead atoms. The Labute approximate surface area is 112 Å². The van der Waals surface area contributed by atoms with Crippen molar-refractivity contribution < 1.29 is 9.21 Å². The first kappa shape index (κ1) is 13.2. The van der Waals surface area contributed by atoms with Gasteiger partial charge in [-0.15, -0.1) is 0 Å². The number of furan rings is 1. The summed E-state index contributed by atoms with van der Waals surface area (Å²) in [6.07, 6.45) is 5.19. The Balaban J connectivity index is 1.79. The Hall–Kier alpha value is -2.24. The zero-order valence-corrected chi connectivity index (χ0v) is 11.1. The van der Waals surface area contributed by atoms with E-state index < -0.39 is 0 Å². The molecule has 0 saturated heterocycles. The second kappa shape index (κ2) is 6.08. The fourth-order valence-electron chi connectivity index (χ4n) is 1.76. The van der Waals surface area contributed by atoms with Gasteiger partial charge in [0.05, 0.1) is 19.4 Å². The zero-order valence-electron chi connectivity index (χ0n) is 11.1. The highest BCUT2D eigenvalue weighted by molar-refractivity contribution is 5.74. The summed E-state index contributed by atoms with van der Waals surface area (Å²) in [5, 5.41) is 7.02. The summed E-state index contributed by atoms with van der Waals surface area (Å²) < 4.78 is 7.00. The van der Waals surface area contributed by atoms with Crippen molar-refractivity contribution in [2.45, 2.75) is 26.1 Å². The number of rotatable bonds is 5. The number of carbonyl (C=O) groups is 1. The first-order chi connectivity index (χ1) is 9.15. The summed E-state index contributed by atoms with van der Waals surface area (Å²) in [7, 11) is 1.73. The molecule has 6 nitrogen and oxygen atoms in total. The van der Waals surface area contributed by atoms with Gasteiger partial charge < -0.3 is 14.6 Å². The Morgan fingerprint density at radius 1 is 1.58 bits per heavy atom. The summed E-state index contributed by atoms with van der Waals surface area (Å²) in [5.74, 6) is 0.761. The molecular weight excluding hydrogens is 244 g/mol. The number of nitrogens with one attached hydrogen (secondary N) is 1. The van der Waals surface area contributed by atoms with E-state index in [2.05, 4.69) is 10.4 Å². The lowest BCUT2D eigenvalue weighted by Gasteiger charge is -2.20. The molecular formula is C13H18N4O2. The van der Waals surface area contributed by atoms with E-state index in [-0.39, 0.29) is 12.1 Å². The number of amides is 2. The number of urea groups is 1. The molecule has 2 aromatic heterocycles. The van der Waals surface area contributed by atoms with Crippen LogP contribution in [0.4, 0.5) is 4.79 Å². The van der Waals surface area contributed by atoms with Crippen LogP contribution in [0.3, 0.4) is 0 Å². The molecule has 0 fully saturated rings. The molecule has 6 heteroatoms. The van der Waals surface area contributed by atoms with E-state index in [1.807, 2.05) is 25.3 Å². The van der Waals surface area contributed by atoms with E-state index in [4.69, 9.17) is 4.42 Å². The minimum atomic E-state index is -0.129. The number of hydrogen-bond donors (Lipinski definition) is 1. The second-order valence-corrected chi connectivity index (χ2v) is 4.51. The minimum Gasteiger partial charge on any atom is -0.467 e. The quantitative estimate of drug-likeness (QED) is 0.892. The van der Waals surface area contributed by atoms with Crippen LogP contribution in [-0.2, 0) is 13.1 Å². The monoisotopic (exact) mass is 262 g/mol. The second-order valence-electron chi connectivity index (χ2n) is 4.51. The van der Waals surface area contributed by atoms with E-state index in [0.717, 1.165) is 5.76 Å². The molecule has 0 aliphatic carbocycles. The van der Waals surface area contributed by atoms with Crippen LogP contribution in [0, 0.1) is 0 Å². The predicted molar refractivity (Wildman–Crippen MR) is 70.4 cm³/mol. The van der Waals surface area contributed by atoms with Crippen molar-refractivity contribution in [2.24, 2.45) is 0 Å². The first-order valence-electron chi connectivity index (χ1n) is 6.16. The molecule has 0 aromatic carbocycles. The fraction of sp³-hybridized carbons (Fsp3) is 0.385. The van der Waals surface area contributed by atoms with Crippen molar-refractivity contribution in [3.8, 4) is 0 Å². The van der Waals surface area contributed by atoms with Gasteiger partial charge in [0.1, 0.15) is 5.76 Å². The lowest BCUT2D eigenvalue weighted by Crippen LogP contribution is -2.43. The standard InChI is InChI=1S/C13H18N4O2/c1-11(9-17-7-4-6-14-17)15-13(18)16(2)10-12-5-3-8-19-12/h3-8,11H,9-10H2,1-2H3,(H,15,18). The van der Waals surface area contributed by atoms with Gasteiger partial charge in [-0.3, -0.25) is 4.68 Å². The Bertz CT molecular complexity index is 493. The lowest BCUT2D eigenvalue weighted by molar-refractivity contribution is 0.198. The van der Waals surface area contributed by atoms with Gasteiger partial charge in [-0.1, -0.05) is 0 Å². The Morgan fingerprint density at radius 3 is 3.05 bits per heavy atom. The molecule has 0 aliphatic rings. The maximum absolute atomic E-state index is 12.0. The van der Waals surface area contributed by atoms with Gasteiger partial charge in [-0.25, -0.2) is 4.79 Å². The molecule has 2 heterocycles. The van der Waals surface area contributed by atoms with Crippen LogP contribution in [-0.4, -0.2) is 33.8 Å². The third-order valence-electron chi connectivity index (χ3n) is 2.71. The topological polar surface area (TPSA) is 63.3 Å². The van der Waals surface area contributed by atoms with Gasteiger partial charge in [-0.2, -0.15) is 5.10 Å². The Kier molecular flexibility index (Phi) is 4.22. The number of aromatic nitrogens is 2. The van der Waals surface area contributed by atoms with Crippen molar-refractivity contribution in [3.63, 3.8) is 0 Å². The third-order valence-corrected chi connectivity index (χ3v) is 2.71. The summed E-state index contributed by atoms with van der Waals surface area (Å²) >= 11 is 0. The largest absolute Gasteiger partial charge is 0.467 e. The van der Waals surface area contributed by atoms with Crippen LogP contribution in [0.25, 0.3) is 0 Å². The van der Waals surface area contributed by atoms with Crippen molar-refractivity contribution in [1.29, 1.82) is 0 Å². The van der Waals surface area contributed by atoms with E-state index in [9.17, 15) is 4.79 Å². The average Bonchev–Trinajstić information content (AvgIpc) is 3.01. The molecule has 19 heavy (non-hydrogen) atoms. The first-order valence-corrected chi connectivity index (χ1v) is 6.16. The van der Waals surface area contributed by atoms with Gasteiger partial charge in [-0.05, 0) is 25.1 Å². The Morgan fingerprint density at radius 2 is 2.42 bits per heavy atom. The molecule has 1 unspecified atom stereocenters. The van der Waals surface area contributed by atoms with Gasteiger partial charge >= 0.3 is 6.03 Å². The predicted octanol–water partition coefficient (Wildman–Crippen LogP) is 1.71. The number of hydrogen-bond acceptors (Lipinski definition) is 3. The highest BCUT2D eigenvalue weighted by Gasteiger charge is 2.13. The minimum absolute atomic E-state index is 0.00597. The van der Waals surface area contributed by atoms with Gasteiger partial charge in [0, 0.05) is 25.5 Å². The molecule has 0 radical (unpaired) electrons. The van der Waals surface area contributed by atoms with Crippen LogP contribution in [0.1, 0.15) is 12.7 Å². The summed E-state index contributed by atoms with van der Waals surface area (Å²) in [6.45, 7) is 3.04. The van der Waals surface area contributed by atoms with Gasteiger partial charge in [0.15, 0.2) is 0 Å². The molecule has 1 N–H and O–H groups in total. The SMILES string of the molecule is CC(Cn1cccn1)NC(=O)N(C)Cc1ccco1. The highest BCUT2D eigenvalue weighted by Crippen LogP contribution is 2.04. The van der Waals surface area contributed by atoms with Crippen molar-refractivity contribution in [3.05, 3.63) is 42.6 Å². The zero-order chi connectivity index (χ0) is 13.7. The molecule has 2 amide bonds. The highest BCUT2D eigenvalue weighted by atomic mass is 16.3. The van der Waals surface area contributed by atoms with Gasteiger partial charge in [0.25, 0.3) is 0 Å². The smallest absolute Gasteiger partial charge is 0.317 e. The number of nitrogens with zero attached hydrogens (tertiary/aromatic N) is 3. The van der Waals surface area contributed by atoms with Crippen molar-refractivity contribution in [2.75, 3.05) is 7.05 Å². The average molecular weight is 262 g/mol. The fourth-order valence-corrected chi connectivity index (χ4v) is 1.76. The van der Waals surface area contributed by atoms with E-state index >= 15 is 0 Å². The van der Waals surface area contributed by atoms with Gasteiger partial charge in [0.2, 0.25) is 0 Å². The van der Waals surface area contributed by atoms with E-state index in [1.165, 1.54) is 0 Å². The van der Waals surface area contributed by atoms with E-state index in [1.54, 1.807) is 35.2 Å². The van der Waals surface area contributed by atoms with Crippen LogP contribution in [0.5, 0.6) is 0 Å². The molecule has 2 aromatic rings.